The van der Waals surface area contributed by atoms with Gasteiger partial charge in [0.15, 0.2) is 0 Å². The highest BCUT2D eigenvalue weighted by Crippen LogP contribution is 2.18. The molecule has 1 N–H and O–H groups in total. The molecule has 5 heteroatoms. The summed E-state index contributed by atoms with van der Waals surface area (Å²) in [4.78, 5) is 0.236. The molecule has 0 saturated heterocycles. The van der Waals surface area contributed by atoms with Crippen LogP contribution in [0.4, 0.5) is 0 Å². The van der Waals surface area contributed by atoms with Crippen LogP contribution in [0.25, 0.3) is 5.57 Å². The Morgan fingerprint density at radius 3 is 2.45 bits per heavy atom. The van der Waals surface area contributed by atoms with Gasteiger partial charge in [0.05, 0.1) is 4.90 Å². The van der Waals surface area contributed by atoms with Gasteiger partial charge in [0.2, 0.25) is 10.0 Å². The van der Waals surface area contributed by atoms with Crippen LogP contribution in [0.15, 0.2) is 60.0 Å². The number of hydrogen-bond acceptors (Lipinski definition) is 2. The number of rotatable bonds is 6. The van der Waals surface area contributed by atoms with Crippen molar-refractivity contribution in [1.29, 1.82) is 0 Å². The molecule has 116 valence electrons. The van der Waals surface area contributed by atoms with Crippen molar-refractivity contribution in [2.24, 2.45) is 0 Å². The number of hydrogen-bond donors (Lipinski definition) is 1. The summed E-state index contributed by atoms with van der Waals surface area (Å²) in [6.45, 7) is 5.94. The molecule has 0 atom stereocenters. The van der Waals surface area contributed by atoms with Crippen molar-refractivity contribution in [3.63, 3.8) is 0 Å². The first-order valence-electron chi connectivity index (χ1n) is 6.82. The first-order valence-corrected chi connectivity index (χ1v) is 8.84. The van der Waals surface area contributed by atoms with E-state index in [9.17, 15) is 8.42 Å². The maximum atomic E-state index is 12.3. The van der Waals surface area contributed by atoms with Crippen LogP contribution in [-0.2, 0) is 15.9 Å². The topological polar surface area (TPSA) is 46.2 Å². The van der Waals surface area contributed by atoms with Crippen LogP contribution >= 0.6 is 11.6 Å². The molecule has 0 unspecified atom stereocenters. The smallest absolute Gasteiger partial charge is 0.207 e. The molecule has 0 saturated carbocycles. The van der Waals surface area contributed by atoms with Crippen molar-refractivity contribution >= 4 is 27.2 Å². The highest BCUT2D eigenvalue weighted by Gasteiger charge is 2.15. The average molecular weight is 336 g/mol. The van der Waals surface area contributed by atoms with Crippen LogP contribution in [0.5, 0.6) is 0 Å². The highest BCUT2D eigenvalue weighted by molar-refractivity contribution is 7.89. The molecule has 0 aliphatic rings. The van der Waals surface area contributed by atoms with E-state index in [0.717, 1.165) is 22.3 Å². The van der Waals surface area contributed by atoms with Crippen LogP contribution in [0, 0.1) is 6.92 Å². The lowest BCUT2D eigenvalue weighted by Gasteiger charge is -2.11. The molecule has 3 nitrogen and oxygen atoms in total. The molecule has 0 radical (unpaired) electrons. The van der Waals surface area contributed by atoms with Crippen molar-refractivity contribution in [3.05, 3.63) is 71.8 Å². The van der Waals surface area contributed by atoms with Gasteiger partial charge in [0.25, 0.3) is 0 Å². The third kappa shape index (κ3) is 3.97. The molecule has 0 fully saturated rings. The molecule has 22 heavy (non-hydrogen) atoms. The molecule has 0 aromatic heterocycles. The first-order chi connectivity index (χ1) is 10.4. The van der Waals surface area contributed by atoms with Gasteiger partial charge in [-0.2, -0.15) is 0 Å². The fraction of sp³-hybridized carbons (Fsp3) is 0.176. The summed E-state index contributed by atoms with van der Waals surface area (Å²) in [7, 11) is -3.56. The number of alkyl halides is 1. The molecule has 0 aliphatic carbocycles. The van der Waals surface area contributed by atoms with Gasteiger partial charge >= 0.3 is 0 Å². The Morgan fingerprint density at radius 2 is 1.86 bits per heavy atom. The van der Waals surface area contributed by atoms with Gasteiger partial charge in [-0.1, -0.05) is 43.0 Å². The molecular formula is C17H18ClNO2S. The first kappa shape index (κ1) is 16.7. The van der Waals surface area contributed by atoms with Gasteiger partial charge in [-0.05, 0) is 41.3 Å². The third-order valence-corrected chi connectivity index (χ3v) is 5.11. The molecule has 2 aromatic carbocycles. The molecule has 0 spiro atoms. The van der Waals surface area contributed by atoms with E-state index in [1.807, 2.05) is 37.3 Å². The summed E-state index contributed by atoms with van der Waals surface area (Å²) in [5, 5.41) is 0. The summed E-state index contributed by atoms with van der Waals surface area (Å²) >= 11 is 5.79. The Balaban J connectivity index is 2.11. The lowest BCUT2D eigenvalue weighted by Crippen LogP contribution is -2.25. The van der Waals surface area contributed by atoms with Crippen LogP contribution in [0.1, 0.15) is 16.7 Å². The Hall–Kier alpha value is -1.62. The SMILES string of the molecule is C=C(CNS(=O)(=O)c1ccc(CCl)c(C)c1)c1ccccc1. The van der Waals surface area contributed by atoms with Crippen molar-refractivity contribution in [2.45, 2.75) is 17.7 Å². The molecule has 0 amide bonds. The van der Waals surface area contributed by atoms with Crippen molar-refractivity contribution < 1.29 is 8.42 Å². The fourth-order valence-electron chi connectivity index (χ4n) is 2.03. The summed E-state index contributed by atoms with van der Waals surface area (Å²) in [5.74, 6) is 0.365. The minimum atomic E-state index is -3.56. The normalized spacial score (nSPS) is 11.4. The highest BCUT2D eigenvalue weighted by atomic mass is 35.5. The van der Waals surface area contributed by atoms with E-state index in [-0.39, 0.29) is 11.4 Å². The van der Waals surface area contributed by atoms with E-state index in [4.69, 9.17) is 11.6 Å². The Bertz CT molecular complexity index is 771. The third-order valence-electron chi connectivity index (χ3n) is 3.43. The molecule has 0 heterocycles. The van der Waals surface area contributed by atoms with E-state index in [2.05, 4.69) is 11.3 Å². The lowest BCUT2D eigenvalue weighted by atomic mass is 10.1. The number of aryl methyl sites for hydroxylation is 1. The molecule has 0 bridgehead atoms. The summed E-state index contributed by atoms with van der Waals surface area (Å²) in [6.07, 6.45) is 0. The molecular weight excluding hydrogens is 318 g/mol. The number of nitrogens with one attached hydrogen (secondary N) is 1. The zero-order valence-electron chi connectivity index (χ0n) is 12.3. The van der Waals surface area contributed by atoms with Crippen LogP contribution in [0.2, 0.25) is 0 Å². The van der Waals surface area contributed by atoms with Crippen LogP contribution in [-0.4, -0.2) is 15.0 Å². The van der Waals surface area contributed by atoms with Crippen molar-refractivity contribution in [3.8, 4) is 0 Å². The van der Waals surface area contributed by atoms with Gasteiger partial charge in [0.1, 0.15) is 0 Å². The number of sulfonamides is 1. The second kappa shape index (κ2) is 7.09. The predicted octanol–water partition coefficient (Wildman–Crippen LogP) is 3.73. The van der Waals surface area contributed by atoms with Gasteiger partial charge < -0.3 is 0 Å². The van der Waals surface area contributed by atoms with Crippen molar-refractivity contribution in [2.75, 3.05) is 6.54 Å². The zero-order valence-corrected chi connectivity index (χ0v) is 13.9. The van der Waals surface area contributed by atoms with E-state index >= 15 is 0 Å². The molecule has 2 rings (SSSR count). The molecule has 2 aromatic rings. The standard InChI is InChI=1S/C17H18ClNO2S/c1-13-10-17(9-8-16(13)11-18)22(20,21)19-12-14(2)15-6-4-3-5-7-15/h3-10,19H,2,11-12H2,1H3. The quantitative estimate of drug-likeness (QED) is 0.818. The maximum Gasteiger partial charge on any atom is 0.240 e. The average Bonchev–Trinajstić information content (AvgIpc) is 2.53. The van der Waals surface area contributed by atoms with Crippen molar-refractivity contribution in [1.82, 2.24) is 4.72 Å². The predicted molar refractivity (Wildman–Crippen MR) is 91.4 cm³/mol. The zero-order chi connectivity index (χ0) is 16.2. The molecule has 0 aliphatic heterocycles. The van der Waals surface area contributed by atoms with E-state index in [1.54, 1.807) is 18.2 Å². The van der Waals surface area contributed by atoms with Gasteiger partial charge in [-0.3, -0.25) is 0 Å². The number of benzene rings is 2. The fourth-order valence-corrected chi connectivity index (χ4v) is 3.44. The van der Waals surface area contributed by atoms with Gasteiger partial charge in [-0.25, -0.2) is 13.1 Å². The number of halogens is 1. The Labute approximate surface area is 136 Å². The summed E-state index contributed by atoms with van der Waals surface area (Å²) < 4.78 is 27.2. The monoisotopic (exact) mass is 335 g/mol. The summed E-state index contributed by atoms with van der Waals surface area (Å²) in [6, 6.07) is 14.4. The second-order valence-electron chi connectivity index (χ2n) is 5.02. The summed E-state index contributed by atoms with van der Waals surface area (Å²) in [5.41, 5.74) is 3.42. The van der Waals surface area contributed by atoms with Crippen LogP contribution in [0.3, 0.4) is 0 Å². The van der Waals surface area contributed by atoms with E-state index in [1.165, 1.54) is 0 Å². The van der Waals surface area contributed by atoms with E-state index in [0.29, 0.717) is 5.88 Å². The van der Waals surface area contributed by atoms with Gasteiger partial charge in [0, 0.05) is 12.4 Å². The Morgan fingerprint density at radius 1 is 1.18 bits per heavy atom. The minimum Gasteiger partial charge on any atom is -0.207 e. The lowest BCUT2D eigenvalue weighted by molar-refractivity contribution is 0.586. The Kier molecular flexibility index (Phi) is 5.40. The minimum absolute atomic E-state index is 0.169. The van der Waals surface area contributed by atoms with E-state index < -0.39 is 10.0 Å². The van der Waals surface area contributed by atoms with Gasteiger partial charge in [-0.15, -0.1) is 11.6 Å². The maximum absolute atomic E-state index is 12.3. The largest absolute Gasteiger partial charge is 0.240 e. The second-order valence-corrected chi connectivity index (χ2v) is 7.05. The van der Waals surface area contributed by atoms with Crippen LogP contribution < -0.4 is 4.72 Å².